The van der Waals surface area contributed by atoms with Crippen molar-refractivity contribution < 1.29 is 0 Å². The lowest BCUT2D eigenvalue weighted by Crippen LogP contribution is -2.10. The fourth-order valence-corrected chi connectivity index (χ4v) is 3.02. The highest BCUT2D eigenvalue weighted by Gasteiger charge is 2.14. The van der Waals surface area contributed by atoms with Crippen LogP contribution in [0.2, 0.25) is 10.0 Å². The van der Waals surface area contributed by atoms with E-state index in [4.69, 9.17) is 28.9 Å². The molecule has 0 atom stereocenters. The second-order valence-corrected chi connectivity index (χ2v) is 7.15. The number of halogens is 3. The number of rotatable bonds is 4. The normalized spacial score (nSPS) is 11.1. The lowest BCUT2D eigenvalue weighted by atomic mass is 10.1. The standard InChI is InChI=1S/C15H16Cl2IN3/c1-8(2)6-12-14(18)15(19)21-13(20-12)7-9-10(16)4-3-5-11(9)17/h3-5,8H,6-7H2,1-2H3,(H2,19,20,21). The first-order valence-corrected chi connectivity index (χ1v) is 8.45. The minimum Gasteiger partial charge on any atom is -0.383 e. The summed E-state index contributed by atoms with van der Waals surface area (Å²) in [4.78, 5) is 8.99. The highest BCUT2D eigenvalue weighted by atomic mass is 127. The van der Waals surface area contributed by atoms with E-state index in [-0.39, 0.29) is 0 Å². The van der Waals surface area contributed by atoms with Crippen LogP contribution in [0.4, 0.5) is 5.82 Å². The molecule has 0 spiro atoms. The second kappa shape index (κ2) is 7.11. The van der Waals surface area contributed by atoms with Crippen molar-refractivity contribution in [2.45, 2.75) is 26.7 Å². The molecule has 1 aromatic heterocycles. The van der Waals surface area contributed by atoms with E-state index in [9.17, 15) is 0 Å². The lowest BCUT2D eigenvalue weighted by Gasteiger charge is -2.12. The smallest absolute Gasteiger partial charge is 0.140 e. The van der Waals surface area contributed by atoms with E-state index in [0.29, 0.717) is 34.0 Å². The number of nitrogens with zero attached hydrogens (tertiary/aromatic N) is 2. The summed E-state index contributed by atoms with van der Waals surface area (Å²) in [6.45, 7) is 4.30. The van der Waals surface area contributed by atoms with Gasteiger partial charge in [0.15, 0.2) is 0 Å². The summed E-state index contributed by atoms with van der Waals surface area (Å²) in [5.74, 6) is 1.67. The van der Waals surface area contributed by atoms with Crippen molar-refractivity contribution in [3.05, 3.63) is 48.9 Å². The molecule has 0 radical (unpaired) electrons. The first-order valence-electron chi connectivity index (χ1n) is 6.62. The van der Waals surface area contributed by atoms with Gasteiger partial charge >= 0.3 is 0 Å². The van der Waals surface area contributed by atoms with Gasteiger partial charge in [0, 0.05) is 16.5 Å². The summed E-state index contributed by atoms with van der Waals surface area (Å²) in [6.07, 6.45) is 1.35. The van der Waals surface area contributed by atoms with Crippen molar-refractivity contribution in [2.75, 3.05) is 5.73 Å². The molecule has 1 aromatic carbocycles. The maximum atomic E-state index is 6.20. The van der Waals surface area contributed by atoms with E-state index < -0.39 is 0 Å². The molecule has 2 aromatic rings. The third-order valence-electron chi connectivity index (χ3n) is 2.99. The Bertz CT molecular complexity index is 639. The maximum Gasteiger partial charge on any atom is 0.140 e. The number of aromatic nitrogens is 2. The van der Waals surface area contributed by atoms with Gasteiger partial charge in [0.25, 0.3) is 0 Å². The van der Waals surface area contributed by atoms with Crippen molar-refractivity contribution in [1.82, 2.24) is 9.97 Å². The van der Waals surface area contributed by atoms with Gasteiger partial charge in [-0.3, -0.25) is 0 Å². The van der Waals surface area contributed by atoms with Gasteiger partial charge in [-0.15, -0.1) is 0 Å². The largest absolute Gasteiger partial charge is 0.383 e. The molecule has 0 bridgehead atoms. The minimum absolute atomic E-state index is 0.477. The van der Waals surface area contributed by atoms with Crippen LogP contribution in [0.5, 0.6) is 0 Å². The molecular weight excluding hydrogens is 420 g/mol. The number of benzene rings is 1. The van der Waals surface area contributed by atoms with E-state index in [2.05, 4.69) is 46.4 Å². The van der Waals surface area contributed by atoms with Crippen molar-refractivity contribution >= 4 is 51.6 Å². The van der Waals surface area contributed by atoms with Crippen LogP contribution in [0, 0.1) is 9.49 Å². The summed E-state index contributed by atoms with van der Waals surface area (Å²) in [7, 11) is 0. The topological polar surface area (TPSA) is 51.8 Å². The zero-order valence-electron chi connectivity index (χ0n) is 11.8. The van der Waals surface area contributed by atoms with Crippen molar-refractivity contribution in [2.24, 2.45) is 5.92 Å². The Balaban J connectivity index is 2.39. The average Bonchev–Trinajstić information content (AvgIpc) is 2.39. The predicted molar refractivity (Wildman–Crippen MR) is 97.0 cm³/mol. The maximum absolute atomic E-state index is 6.20. The quantitative estimate of drug-likeness (QED) is 0.704. The first-order chi connectivity index (χ1) is 9.88. The van der Waals surface area contributed by atoms with E-state index >= 15 is 0 Å². The van der Waals surface area contributed by atoms with Crippen LogP contribution >= 0.6 is 45.8 Å². The zero-order valence-corrected chi connectivity index (χ0v) is 15.5. The number of nitrogen functional groups attached to an aromatic ring is 1. The fraction of sp³-hybridized carbons (Fsp3) is 0.333. The molecule has 0 aliphatic carbocycles. The molecule has 3 nitrogen and oxygen atoms in total. The molecule has 1 heterocycles. The van der Waals surface area contributed by atoms with Gasteiger partial charge in [-0.1, -0.05) is 43.1 Å². The molecule has 6 heteroatoms. The van der Waals surface area contributed by atoms with Gasteiger partial charge in [-0.2, -0.15) is 0 Å². The third-order valence-corrected chi connectivity index (χ3v) is 4.87. The average molecular weight is 436 g/mol. The van der Waals surface area contributed by atoms with Gasteiger partial charge in [-0.05, 0) is 52.6 Å². The molecule has 0 fully saturated rings. The van der Waals surface area contributed by atoms with Crippen LogP contribution in [0.15, 0.2) is 18.2 Å². The highest BCUT2D eigenvalue weighted by molar-refractivity contribution is 14.1. The van der Waals surface area contributed by atoms with E-state index in [1.54, 1.807) is 0 Å². The molecule has 0 unspecified atom stereocenters. The van der Waals surface area contributed by atoms with Crippen LogP contribution in [0.25, 0.3) is 0 Å². The summed E-state index contributed by atoms with van der Waals surface area (Å²) in [6, 6.07) is 5.45. The molecule has 0 saturated carbocycles. The van der Waals surface area contributed by atoms with Crippen LogP contribution in [0.3, 0.4) is 0 Å². The summed E-state index contributed by atoms with van der Waals surface area (Å²) < 4.78 is 0.926. The Kier molecular flexibility index (Phi) is 5.68. The Morgan fingerprint density at radius 3 is 2.38 bits per heavy atom. The van der Waals surface area contributed by atoms with E-state index in [0.717, 1.165) is 21.2 Å². The van der Waals surface area contributed by atoms with Gasteiger partial charge in [0.2, 0.25) is 0 Å². The summed E-state index contributed by atoms with van der Waals surface area (Å²) >= 11 is 14.6. The monoisotopic (exact) mass is 435 g/mol. The third kappa shape index (κ3) is 4.20. The lowest BCUT2D eigenvalue weighted by molar-refractivity contribution is 0.629. The molecule has 112 valence electrons. The van der Waals surface area contributed by atoms with Gasteiger partial charge < -0.3 is 5.73 Å². The molecule has 2 N–H and O–H groups in total. The number of hydrogen-bond acceptors (Lipinski definition) is 3. The van der Waals surface area contributed by atoms with E-state index in [1.165, 1.54) is 0 Å². The van der Waals surface area contributed by atoms with Crippen LogP contribution in [-0.4, -0.2) is 9.97 Å². The number of anilines is 1. The van der Waals surface area contributed by atoms with Crippen LogP contribution in [0.1, 0.15) is 30.9 Å². The summed E-state index contributed by atoms with van der Waals surface area (Å²) in [5.41, 5.74) is 7.82. The zero-order chi connectivity index (χ0) is 15.6. The Morgan fingerprint density at radius 2 is 1.81 bits per heavy atom. The van der Waals surface area contributed by atoms with Crippen molar-refractivity contribution in [3.63, 3.8) is 0 Å². The van der Waals surface area contributed by atoms with Gasteiger partial charge in [-0.25, -0.2) is 9.97 Å². The molecule has 0 amide bonds. The second-order valence-electron chi connectivity index (χ2n) is 5.26. The molecule has 21 heavy (non-hydrogen) atoms. The van der Waals surface area contributed by atoms with Crippen molar-refractivity contribution in [3.8, 4) is 0 Å². The molecule has 0 saturated heterocycles. The van der Waals surface area contributed by atoms with Crippen LogP contribution in [-0.2, 0) is 12.8 Å². The SMILES string of the molecule is CC(C)Cc1nc(Cc2c(Cl)cccc2Cl)nc(N)c1I. The number of nitrogens with two attached hydrogens (primary N) is 1. The summed E-state index contributed by atoms with van der Waals surface area (Å²) in [5, 5.41) is 1.24. The molecule has 0 aliphatic rings. The Hall–Kier alpha value is -0.590. The fourth-order valence-electron chi connectivity index (χ4n) is 2.03. The number of hydrogen-bond donors (Lipinski definition) is 1. The van der Waals surface area contributed by atoms with Gasteiger partial charge in [0.1, 0.15) is 11.6 Å². The first kappa shape index (κ1) is 16.8. The highest BCUT2D eigenvalue weighted by Crippen LogP contribution is 2.27. The molecule has 2 rings (SSSR count). The Labute approximate surface area is 148 Å². The molecule has 0 aliphatic heterocycles. The minimum atomic E-state index is 0.477. The Morgan fingerprint density at radius 1 is 1.19 bits per heavy atom. The van der Waals surface area contributed by atoms with E-state index in [1.807, 2.05) is 18.2 Å². The molecular formula is C15H16Cl2IN3. The van der Waals surface area contributed by atoms with Crippen molar-refractivity contribution in [1.29, 1.82) is 0 Å². The predicted octanol–water partition coefficient (Wildman–Crippen LogP) is 4.76. The van der Waals surface area contributed by atoms with Gasteiger partial charge in [0.05, 0.1) is 9.26 Å². The van der Waals surface area contributed by atoms with Crippen LogP contribution < -0.4 is 5.73 Å².